The first kappa shape index (κ1) is 14.7. The summed E-state index contributed by atoms with van der Waals surface area (Å²) in [5.41, 5.74) is 6.50. The summed E-state index contributed by atoms with van der Waals surface area (Å²) in [6.45, 7) is 6.10. The van der Waals surface area contributed by atoms with Gasteiger partial charge in [-0.1, -0.05) is 42.0 Å². The summed E-state index contributed by atoms with van der Waals surface area (Å²) in [5, 5.41) is 0.350. The zero-order valence-electron chi connectivity index (χ0n) is 12.8. The zero-order valence-corrected chi connectivity index (χ0v) is 13.5. The number of halogens is 1. The van der Waals surface area contributed by atoms with Crippen LogP contribution in [0.1, 0.15) is 27.0 Å². The molecular formula is C19H16ClNO. The predicted octanol–water partition coefficient (Wildman–Crippen LogP) is 5.21. The van der Waals surface area contributed by atoms with Crippen molar-refractivity contribution in [1.29, 1.82) is 0 Å². The summed E-state index contributed by atoms with van der Waals surface area (Å²) in [6, 6.07) is 13.8. The number of carbonyl (C=O) groups is 1. The largest absolute Gasteiger partial charge is 0.276 e. The van der Waals surface area contributed by atoms with Crippen LogP contribution in [0.3, 0.4) is 0 Å². The highest BCUT2D eigenvalue weighted by molar-refractivity contribution is 6.68. The highest BCUT2D eigenvalue weighted by Crippen LogP contribution is 2.29. The quantitative estimate of drug-likeness (QED) is 0.608. The van der Waals surface area contributed by atoms with Crippen LogP contribution in [0.15, 0.2) is 42.5 Å². The van der Waals surface area contributed by atoms with Crippen molar-refractivity contribution in [2.24, 2.45) is 0 Å². The summed E-state index contributed by atoms with van der Waals surface area (Å²) in [5.74, 6) is 0. The molecule has 0 aliphatic heterocycles. The van der Waals surface area contributed by atoms with Gasteiger partial charge in [-0.25, -0.2) is 4.98 Å². The Kier molecular flexibility index (Phi) is 3.71. The summed E-state index contributed by atoms with van der Waals surface area (Å²) in [6.07, 6.45) is 0. The molecule has 0 fully saturated rings. The predicted molar refractivity (Wildman–Crippen MR) is 91.6 cm³/mol. The average Bonchev–Trinajstić information content (AvgIpc) is 2.51. The number of aryl methyl sites for hydroxylation is 3. The number of carbonyl (C=O) groups excluding carboxylic acids is 1. The molecule has 0 aliphatic carbocycles. The third kappa shape index (κ3) is 2.51. The Balaban J connectivity index is 2.35. The molecule has 0 spiro atoms. The van der Waals surface area contributed by atoms with Crippen LogP contribution in [-0.2, 0) is 0 Å². The van der Waals surface area contributed by atoms with E-state index in [1.54, 1.807) is 6.07 Å². The van der Waals surface area contributed by atoms with Crippen molar-refractivity contribution < 1.29 is 4.79 Å². The standard InChI is InChI=1S/C19H16ClNO/c1-11-4-7-14(8-5-11)17-10-16(19(20)22)15-9-6-12(2)13(3)18(15)21-17/h4-10H,1-3H3. The van der Waals surface area contributed by atoms with Crippen molar-refractivity contribution in [3.63, 3.8) is 0 Å². The molecule has 0 N–H and O–H groups in total. The molecule has 22 heavy (non-hydrogen) atoms. The van der Waals surface area contributed by atoms with E-state index in [2.05, 4.69) is 0 Å². The second-order valence-electron chi connectivity index (χ2n) is 5.60. The molecule has 2 nitrogen and oxygen atoms in total. The molecule has 0 saturated carbocycles. The summed E-state index contributed by atoms with van der Waals surface area (Å²) < 4.78 is 0. The van der Waals surface area contributed by atoms with Gasteiger partial charge in [-0.2, -0.15) is 0 Å². The van der Waals surface area contributed by atoms with Gasteiger partial charge in [0.1, 0.15) is 0 Å². The van der Waals surface area contributed by atoms with Crippen LogP contribution in [0, 0.1) is 20.8 Å². The minimum Gasteiger partial charge on any atom is -0.276 e. The molecule has 3 aromatic rings. The van der Waals surface area contributed by atoms with E-state index >= 15 is 0 Å². The fraction of sp³-hybridized carbons (Fsp3) is 0.158. The van der Waals surface area contributed by atoms with Gasteiger partial charge in [0, 0.05) is 16.5 Å². The smallest absolute Gasteiger partial charge is 0.253 e. The van der Waals surface area contributed by atoms with Crippen molar-refractivity contribution in [2.45, 2.75) is 20.8 Å². The van der Waals surface area contributed by atoms with Gasteiger partial charge in [0.2, 0.25) is 0 Å². The van der Waals surface area contributed by atoms with Crippen LogP contribution >= 0.6 is 11.6 Å². The maximum absolute atomic E-state index is 11.8. The van der Waals surface area contributed by atoms with E-state index in [0.717, 1.165) is 33.3 Å². The van der Waals surface area contributed by atoms with E-state index in [1.165, 1.54) is 5.56 Å². The molecule has 3 rings (SSSR count). The molecule has 1 aromatic heterocycles. The normalized spacial score (nSPS) is 10.9. The van der Waals surface area contributed by atoms with E-state index < -0.39 is 5.24 Å². The summed E-state index contributed by atoms with van der Waals surface area (Å²) >= 11 is 5.79. The second kappa shape index (κ2) is 5.54. The monoisotopic (exact) mass is 309 g/mol. The molecular weight excluding hydrogens is 294 g/mol. The van der Waals surface area contributed by atoms with Crippen LogP contribution in [0.2, 0.25) is 0 Å². The Bertz CT molecular complexity index is 882. The fourth-order valence-corrected chi connectivity index (χ4v) is 2.72. The lowest BCUT2D eigenvalue weighted by Crippen LogP contribution is -1.98. The molecule has 0 amide bonds. The van der Waals surface area contributed by atoms with Gasteiger partial charge < -0.3 is 0 Å². The minimum atomic E-state index is -0.455. The van der Waals surface area contributed by atoms with Crippen molar-refractivity contribution in [3.8, 4) is 11.3 Å². The molecule has 0 atom stereocenters. The number of rotatable bonds is 2. The van der Waals surface area contributed by atoms with Gasteiger partial charge in [0.15, 0.2) is 0 Å². The van der Waals surface area contributed by atoms with E-state index in [0.29, 0.717) is 5.56 Å². The first-order chi connectivity index (χ1) is 10.5. The number of benzene rings is 2. The number of hydrogen-bond acceptors (Lipinski definition) is 2. The van der Waals surface area contributed by atoms with Crippen molar-refractivity contribution in [1.82, 2.24) is 4.98 Å². The van der Waals surface area contributed by atoms with Crippen LogP contribution in [0.5, 0.6) is 0 Å². The average molecular weight is 310 g/mol. The lowest BCUT2D eigenvalue weighted by molar-refractivity contribution is 0.108. The molecule has 0 unspecified atom stereocenters. The lowest BCUT2D eigenvalue weighted by atomic mass is 9.99. The van der Waals surface area contributed by atoms with Crippen LogP contribution in [-0.4, -0.2) is 10.2 Å². The first-order valence-electron chi connectivity index (χ1n) is 7.15. The molecule has 0 aliphatic rings. The molecule has 0 radical (unpaired) electrons. The summed E-state index contributed by atoms with van der Waals surface area (Å²) in [4.78, 5) is 16.6. The Morgan fingerprint density at radius 3 is 2.32 bits per heavy atom. The highest BCUT2D eigenvalue weighted by atomic mass is 35.5. The number of hydrogen-bond donors (Lipinski definition) is 0. The molecule has 1 heterocycles. The van der Waals surface area contributed by atoms with E-state index in [1.807, 2.05) is 57.2 Å². The van der Waals surface area contributed by atoms with Gasteiger partial charge in [-0.15, -0.1) is 0 Å². The number of aromatic nitrogens is 1. The van der Waals surface area contributed by atoms with Crippen molar-refractivity contribution in [3.05, 3.63) is 64.7 Å². The molecule has 3 heteroatoms. The Morgan fingerprint density at radius 2 is 1.68 bits per heavy atom. The zero-order chi connectivity index (χ0) is 15.9. The molecule has 0 saturated heterocycles. The Labute approximate surface area is 134 Å². The minimum absolute atomic E-state index is 0.455. The number of pyridine rings is 1. The van der Waals surface area contributed by atoms with Crippen molar-refractivity contribution in [2.75, 3.05) is 0 Å². The van der Waals surface area contributed by atoms with Crippen LogP contribution in [0.25, 0.3) is 22.2 Å². The summed E-state index contributed by atoms with van der Waals surface area (Å²) in [7, 11) is 0. The third-order valence-corrected chi connectivity index (χ3v) is 4.27. The maximum Gasteiger partial charge on any atom is 0.253 e. The maximum atomic E-state index is 11.8. The van der Waals surface area contributed by atoms with Gasteiger partial charge in [-0.05, 0) is 49.6 Å². The van der Waals surface area contributed by atoms with Gasteiger partial charge >= 0.3 is 0 Å². The highest BCUT2D eigenvalue weighted by Gasteiger charge is 2.14. The molecule has 110 valence electrons. The van der Waals surface area contributed by atoms with Crippen molar-refractivity contribution >= 4 is 27.7 Å². The molecule has 0 bridgehead atoms. The lowest BCUT2D eigenvalue weighted by Gasteiger charge is -2.11. The van der Waals surface area contributed by atoms with Crippen LogP contribution in [0.4, 0.5) is 0 Å². The third-order valence-electron chi connectivity index (χ3n) is 4.06. The van der Waals surface area contributed by atoms with Crippen LogP contribution < -0.4 is 0 Å². The number of fused-ring (bicyclic) bond motifs is 1. The Hall–Kier alpha value is -2.19. The first-order valence-corrected chi connectivity index (χ1v) is 7.53. The van der Waals surface area contributed by atoms with Gasteiger partial charge in [0.05, 0.1) is 11.2 Å². The number of nitrogens with zero attached hydrogens (tertiary/aromatic N) is 1. The van der Waals surface area contributed by atoms with Gasteiger partial charge in [-0.3, -0.25) is 4.79 Å². The topological polar surface area (TPSA) is 30.0 Å². The second-order valence-corrected chi connectivity index (χ2v) is 5.94. The SMILES string of the molecule is Cc1ccc(-c2cc(C(=O)Cl)c3ccc(C)c(C)c3n2)cc1. The van der Waals surface area contributed by atoms with E-state index in [-0.39, 0.29) is 0 Å². The van der Waals surface area contributed by atoms with E-state index in [9.17, 15) is 4.79 Å². The molecule has 2 aromatic carbocycles. The van der Waals surface area contributed by atoms with Gasteiger partial charge in [0.25, 0.3) is 5.24 Å². The Morgan fingerprint density at radius 1 is 1.00 bits per heavy atom. The van der Waals surface area contributed by atoms with E-state index in [4.69, 9.17) is 16.6 Å². The fourth-order valence-electron chi connectivity index (χ4n) is 2.56.